The normalized spacial score (nSPS) is 13.6. The summed E-state index contributed by atoms with van der Waals surface area (Å²) in [4.78, 5) is 20.7. The lowest BCUT2D eigenvalue weighted by Gasteiger charge is -2.22. The van der Waals surface area contributed by atoms with Crippen LogP contribution in [0.1, 0.15) is 28.3 Å². The zero-order chi connectivity index (χ0) is 26.1. The SMILES string of the molecule is CNCC(O)COc1ccc(Cl)c(-c2nc(-c3c(C)noc3C)c(C)c(N3Cc4cncnc4C3)n2)c1. The predicted octanol–water partition coefficient (Wildman–Crippen LogP) is 3.65. The van der Waals surface area contributed by atoms with Crippen LogP contribution in [0.2, 0.25) is 5.02 Å². The Balaban J connectivity index is 1.60. The van der Waals surface area contributed by atoms with E-state index >= 15 is 0 Å². The number of halogens is 1. The van der Waals surface area contributed by atoms with Crippen molar-refractivity contribution >= 4 is 17.4 Å². The van der Waals surface area contributed by atoms with E-state index in [0.717, 1.165) is 39.6 Å². The number of ether oxygens (including phenoxy) is 1. The summed E-state index contributed by atoms with van der Waals surface area (Å²) in [5.41, 5.74) is 5.86. The average molecular weight is 522 g/mol. The molecule has 0 aliphatic carbocycles. The highest BCUT2D eigenvalue weighted by Crippen LogP contribution is 2.38. The molecular formula is C26H28ClN7O3. The van der Waals surface area contributed by atoms with E-state index in [2.05, 4.69) is 25.3 Å². The van der Waals surface area contributed by atoms with Crippen molar-refractivity contribution in [2.24, 2.45) is 0 Å². The second-order valence-corrected chi connectivity index (χ2v) is 9.47. The summed E-state index contributed by atoms with van der Waals surface area (Å²) in [6, 6.07) is 5.30. The molecular weight excluding hydrogens is 494 g/mol. The molecule has 3 aromatic heterocycles. The molecule has 1 aliphatic rings. The van der Waals surface area contributed by atoms with Gasteiger partial charge in [0.1, 0.15) is 36.4 Å². The van der Waals surface area contributed by atoms with Gasteiger partial charge in [0.15, 0.2) is 5.82 Å². The minimum absolute atomic E-state index is 0.138. The molecule has 0 amide bonds. The largest absolute Gasteiger partial charge is 0.491 e. The lowest BCUT2D eigenvalue weighted by Crippen LogP contribution is -2.29. The molecule has 5 rings (SSSR count). The molecule has 0 saturated carbocycles. The van der Waals surface area contributed by atoms with Crippen molar-refractivity contribution in [3.05, 3.63) is 64.0 Å². The van der Waals surface area contributed by atoms with Gasteiger partial charge in [0.05, 0.1) is 34.2 Å². The first kappa shape index (κ1) is 25.1. The van der Waals surface area contributed by atoms with Crippen LogP contribution in [0, 0.1) is 20.8 Å². The maximum Gasteiger partial charge on any atom is 0.163 e. The molecule has 0 spiro atoms. The van der Waals surface area contributed by atoms with Crippen molar-refractivity contribution in [2.75, 3.05) is 25.1 Å². The molecule has 4 aromatic rings. The molecule has 2 N–H and O–H groups in total. The van der Waals surface area contributed by atoms with E-state index in [4.69, 9.17) is 30.8 Å². The van der Waals surface area contributed by atoms with E-state index in [0.29, 0.717) is 47.6 Å². The van der Waals surface area contributed by atoms with Crippen LogP contribution in [-0.4, -0.2) is 56.5 Å². The van der Waals surface area contributed by atoms with Crippen LogP contribution in [-0.2, 0) is 13.1 Å². The van der Waals surface area contributed by atoms with Gasteiger partial charge in [-0.05, 0) is 46.0 Å². The highest BCUT2D eigenvalue weighted by molar-refractivity contribution is 6.33. The molecule has 37 heavy (non-hydrogen) atoms. The summed E-state index contributed by atoms with van der Waals surface area (Å²) in [6.45, 7) is 7.57. The first-order valence-corrected chi connectivity index (χ1v) is 12.3. The molecule has 0 bridgehead atoms. The molecule has 10 nitrogen and oxygen atoms in total. The van der Waals surface area contributed by atoms with Gasteiger partial charge >= 0.3 is 0 Å². The van der Waals surface area contributed by atoms with E-state index in [1.807, 2.05) is 27.0 Å². The zero-order valence-corrected chi connectivity index (χ0v) is 21.9. The summed E-state index contributed by atoms with van der Waals surface area (Å²) in [5, 5.41) is 17.6. The molecule has 11 heteroatoms. The fourth-order valence-corrected chi connectivity index (χ4v) is 4.70. The van der Waals surface area contributed by atoms with Crippen molar-refractivity contribution in [2.45, 2.75) is 40.0 Å². The van der Waals surface area contributed by atoms with Gasteiger partial charge in [0, 0.05) is 36.0 Å². The average Bonchev–Trinajstić information content (AvgIpc) is 3.46. The highest BCUT2D eigenvalue weighted by Gasteiger charge is 2.27. The summed E-state index contributed by atoms with van der Waals surface area (Å²) in [5.74, 6) is 2.45. The standard InChI is InChI=1S/C26H28ClN7O3/c1-14-24(23-15(2)33-37-16(23)3)31-25(32-26(14)34-10-17-8-29-13-30-22(17)11-34)20-7-19(5-6-21(20)27)36-12-18(35)9-28-4/h5-8,13,18,28,35H,9-12H2,1-4H3. The van der Waals surface area contributed by atoms with Crippen molar-refractivity contribution in [3.63, 3.8) is 0 Å². The van der Waals surface area contributed by atoms with Crippen LogP contribution >= 0.6 is 11.6 Å². The van der Waals surface area contributed by atoms with Crippen LogP contribution in [0.4, 0.5) is 5.82 Å². The molecule has 1 atom stereocenters. The van der Waals surface area contributed by atoms with E-state index in [-0.39, 0.29) is 6.61 Å². The summed E-state index contributed by atoms with van der Waals surface area (Å²) >= 11 is 6.65. The number of nitrogens with one attached hydrogen (secondary N) is 1. The third-order valence-corrected chi connectivity index (χ3v) is 6.66. The van der Waals surface area contributed by atoms with Gasteiger partial charge in [-0.2, -0.15) is 0 Å². The Labute approximate surface area is 219 Å². The number of fused-ring (bicyclic) bond motifs is 1. The Morgan fingerprint density at radius 3 is 2.78 bits per heavy atom. The Morgan fingerprint density at radius 1 is 1.22 bits per heavy atom. The summed E-state index contributed by atoms with van der Waals surface area (Å²) in [6.07, 6.45) is 2.77. The van der Waals surface area contributed by atoms with Gasteiger partial charge in [-0.3, -0.25) is 0 Å². The number of aryl methyl sites for hydroxylation is 2. The van der Waals surface area contributed by atoms with E-state index in [9.17, 15) is 5.11 Å². The summed E-state index contributed by atoms with van der Waals surface area (Å²) < 4.78 is 11.3. The number of likely N-dealkylation sites (N-methyl/N-ethyl adjacent to an activating group) is 1. The van der Waals surface area contributed by atoms with Gasteiger partial charge in [-0.25, -0.2) is 19.9 Å². The molecule has 0 fully saturated rings. The first-order chi connectivity index (χ1) is 17.9. The maximum absolute atomic E-state index is 10.0. The van der Waals surface area contributed by atoms with Crippen LogP contribution in [0.25, 0.3) is 22.6 Å². The van der Waals surface area contributed by atoms with E-state index in [1.54, 1.807) is 31.6 Å². The number of rotatable bonds is 8. The Morgan fingerprint density at radius 2 is 2.05 bits per heavy atom. The topological polar surface area (TPSA) is 122 Å². The number of anilines is 1. The zero-order valence-electron chi connectivity index (χ0n) is 21.1. The van der Waals surface area contributed by atoms with Crippen molar-refractivity contribution in [3.8, 4) is 28.4 Å². The lowest BCUT2D eigenvalue weighted by molar-refractivity contribution is 0.108. The highest BCUT2D eigenvalue weighted by atomic mass is 35.5. The molecule has 0 radical (unpaired) electrons. The molecule has 4 heterocycles. The monoisotopic (exact) mass is 521 g/mol. The Kier molecular flexibility index (Phi) is 7.05. The van der Waals surface area contributed by atoms with Crippen LogP contribution < -0.4 is 15.0 Å². The number of aliphatic hydroxyl groups excluding tert-OH is 1. The fourth-order valence-electron chi connectivity index (χ4n) is 4.50. The Bertz CT molecular complexity index is 1400. The molecule has 1 aromatic carbocycles. The minimum Gasteiger partial charge on any atom is -0.491 e. The van der Waals surface area contributed by atoms with Crippen LogP contribution in [0.5, 0.6) is 5.75 Å². The second kappa shape index (κ2) is 10.4. The number of hydrogen-bond donors (Lipinski definition) is 2. The number of nitrogens with zero attached hydrogens (tertiary/aromatic N) is 6. The van der Waals surface area contributed by atoms with Crippen LogP contribution in [0.15, 0.2) is 35.2 Å². The van der Waals surface area contributed by atoms with Gasteiger partial charge in [-0.1, -0.05) is 16.8 Å². The predicted molar refractivity (Wildman–Crippen MR) is 140 cm³/mol. The quantitative estimate of drug-likeness (QED) is 0.355. The Hall–Kier alpha value is -3.60. The van der Waals surface area contributed by atoms with Crippen molar-refractivity contribution in [1.29, 1.82) is 0 Å². The molecule has 0 saturated heterocycles. The third kappa shape index (κ3) is 5.00. The van der Waals surface area contributed by atoms with Gasteiger partial charge in [0.2, 0.25) is 0 Å². The second-order valence-electron chi connectivity index (χ2n) is 9.06. The lowest BCUT2D eigenvalue weighted by atomic mass is 10.0. The number of aliphatic hydroxyl groups is 1. The van der Waals surface area contributed by atoms with E-state index in [1.165, 1.54) is 0 Å². The fraction of sp³-hybridized carbons (Fsp3) is 0.346. The van der Waals surface area contributed by atoms with E-state index < -0.39 is 6.10 Å². The van der Waals surface area contributed by atoms with Gasteiger partial charge in [0.25, 0.3) is 0 Å². The van der Waals surface area contributed by atoms with Crippen molar-refractivity contribution in [1.82, 2.24) is 30.4 Å². The number of aromatic nitrogens is 5. The number of hydrogen-bond acceptors (Lipinski definition) is 10. The summed E-state index contributed by atoms with van der Waals surface area (Å²) in [7, 11) is 1.78. The minimum atomic E-state index is -0.641. The number of benzene rings is 1. The van der Waals surface area contributed by atoms with Crippen molar-refractivity contribution < 1.29 is 14.4 Å². The smallest absolute Gasteiger partial charge is 0.163 e. The maximum atomic E-state index is 10.0. The van der Waals surface area contributed by atoms with Gasteiger partial charge < -0.3 is 24.6 Å². The molecule has 1 unspecified atom stereocenters. The van der Waals surface area contributed by atoms with Gasteiger partial charge in [-0.15, -0.1) is 0 Å². The van der Waals surface area contributed by atoms with Crippen LogP contribution in [0.3, 0.4) is 0 Å². The molecule has 192 valence electrons. The molecule has 1 aliphatic heterocycles. The third-order valence-electron chi connectivity index (χ3n) is 6.33. The first-order valence-electron chi connectivity index (χ1n) is 12.0.